The van der Waals surface area contributed by atoms with Gasteiger partial charge in [-0.05, 0) is 52.4 Å². The summed E-state index contributed by atoms with van der Waals surface area (Å²) in [6.07, 6.45) is 6.91. The fraction of sp³-hybridized carbons (Fsp3) is 0.684. The number of hydrogen-bond acceptors (Lipinski definition) is 14. The standard InChI is InChI=1S/C38H64N6O14/c1-5-31(45)55-27-29-57-37(51)43(33(47)39-21-15-9-10-17-23-41-35(49)53-7-3)25-19-13-11-16-22-40-34(48)44(38(52)58-30-28-56-32(46)6-2)26-20-14-12-18-24-42-36(50)54-8-4/h5-6H,1-2,7-30H2,3-4H3,(H,39,47)(H,40,48)(H,41,49)(H,42,50). The molecule has 0 rings (SSSR count). The Balaban J connectivity index is 4.89. The van der Waals surface area contributed by atoms with E-state index in [1.807, 2.05) is 0 Å². The molecule has 0 aromatic rings. The lowest BCUT2D eigenvalue weighted by Crippen LogP contribution is -2.45. The highest BCUT2D eigenvalue weighted by molar-refractivity contribution is 5.91. The van der Waals surface area contributed by atoms with E-state index in [0.717, 1.165) is 47.6 Å². The van der Waals surface area contributed by atoms with Crippen molar-refractivity contribution in [2.75, 3.05) is 78.9 Å². The van der Waals surface area contributed by atoms with Gasteiger partial charge in [0.25, 0.3) is 0 Å². The largest absolute Gasteiger partial charge is 0.459 e. The molecule has 20 nitrogen and oxygen atoms in total. The molecule has 0 aliphatic rings. The Morgan fingerprint density at radius 2 is 0.741 bits per heavy atom. The first-order chi connectivity index (χ1) is 28.0. The molecule has 0 spiro atoms. The number of carbonyl (C=O) groups excluding carboxylic acids is 8. The fourth-order valence-corrected chi connectivity index (χ4v) is 4.79. The van der Waals surface area contributed by atoms with E-state index in [0.29, 0.717) is 77.6 Å². The van der Waals surface area contributed by atoms with E-state index < -0.39 is 48.4 Å². The molecule has 0 heterocycles. The predicted octanol–water partition coefficient (Wildman–Crippen LogP) is 4.91. The van der Waals surface area contributed by atoms with E-state index in [1.165, 1.54) is 0 Å². The lowest BCUT2D eigenvalue weighted by atomic mass is 10.2. The van der Waals surface area contributed by atoms with Crippen LogP contribution in [0.1, 0.15) is 90.9 Å². The lowest BCUT2D eigenvalue weighted by molar-refractivity contribution is -0.139. The number of urea groups is 2. The normalized spacial score (nSPS) is 10.2. The van der Waals surface area contributed by atoms with Crippen LogP contribution in [-0.4, -0.2) is 137 Å². The molecule has 0 saturated carbocycles. The molecule has 0 bridgehead atoms. The zero-order valence-corrected chi connectivity index (χ0v) is 34.1. The smallest absolute Gasteiger partial charge is 0.418 e. The summed E-state index contributed by atoms with van der Waals surface area (Å²) in [5, 5.41) is 10.7. The monoisotopic (exact) mass is 828 g/mol. The van der Waals surface area contributed by atoms with Gasteiger partial charge < -0.3 is 49.7 Å². The molecule has 0 atom stereocenters. The number of nitrogens with zero attached hydrogens (tertiary/aromatic N) is 2. The zero-order valence-electron chi connectivity index (χ0n) is 34.1. The van der Waals surface area contributed by atoms with Crippen molar-refractivity contribution in [3.8, 4) is 0 Å². The van der Waals surface area contributed by atoms with E-state index in [9.17, 15) is 38.4 Å². The summed E-state index contributed by atoms with van der Waals surface area (Å²) in [7, 11) is 0. The number of unbranched alkanes of at least 4 members (excludes halogenated alkanes) is 9. The lowest BCUT2D eigenvalue weighted by Gasteiger charge is -2.21. The minimum absolute atomic E-state index is 0.0453. The van der Waals surface area contributed by atoms with Crippen molar-refractivity contribution in [3.05, 3.63) is 25.3 Å². The Morgan fingerprint density at radius 1 is 0.431 bits per heavy atom. The summed E-state index contributed by atoms with van der Waals surface area (Å²) in [5.41, 5.74) is 0. The van der Waals surface area contributed by atoms with Gasteiger partial charge in [0.05, 0.1) is 13.2 Å². The fourth-order valence-electron chi connectivity index (χ4n) is 4.79. The Kier molecular flexibility index (Phi) is 32.4. The third-order valence-electron chi connectivity index (χ3n) is 7.73. The summed E-state index contributed by atoms with van der Waals surface area (Å²) in [6.45, 7) is 11.2. The summed E-state index contributed by atoms with van der Waals surface area (Å²) in [6, 6.07) is -1.29. The Morgan fingerprint density at radius 3 is 1.07 bits per heavy atom. The molecular formula is C38H64N6O14. The van der Waals surface area contributed by atoms with Gasteiger partial charge in [-0.3, -0.25) is 0 Å². The molecule has 0 unspecified atom stereocenters. The first-order valence-corrected chi connectivity index (χ1v) is 19.8. The highest BCUT2D eigenvalue weighted by Gasteiger charge is 2.24. The molecular weight excluding hydrogens is 764 g/mol. The van der Waals surface area contributed by atoms with Gasteiger partial charge in [0.2, 0.25) is 0 Å². The number of carbonyl (C=O) groups is 8. The van der Waals surface area contributed by atoms with Crippen LogP contribution in [0.2, 0.25) is 0 Å². The van der Waals surface area contributed by atoms with Gasteiger partial charge in [-0.1, -0.05) is 51.7 Å². The number of rotatable bonds is 31. The van der Waals surface area contributed by atoms with Crippen molar-refractivity contribution in [1.82, 2.24) is 31.1 Å². The summed E-state index contributed by atoms with van der Waals surface area (Å²) in [5.74, 6) is -1.35. The highest BCUT2D eigenvalue weighted by atomic mass is 16.6. The molecule has 0 fully saturated rings. The average molecular weight is 829 g/mol. The average Bonchev–Trinajstić information content (AvgIpc) is 3.20. The van der Waals surface area contributed by atoms with E-state index >= 15 is 0 Å². The molecule has 0 aromatic heterocycles. The summed E-state index contributed by atoms with van der Waals surface area (Å²) < 4.78 is 29.5. The van der Waals surface area contributed by atoms with Crippen molar-refractivity contribution >= 4 is 48.4 Å². The maximum absolute atomic E-state index is 13.0. The van der Waals surface area contributed by atoms with Gasteiger partial charge in [0, 0.05) is 51.4 Å². The van der Waals surface area contributed by atoms with E-state index in [4.69, 9.17) is 28.4 Å². The number of alkyl carbamates (subject to hydrolysis) is 2. The zero-order chi connectivity index (χ0) is 43.2. The van der Waals surface area contributed by atoms with Crippen LogP contribution >= 0.6 is 0 Å². The molecule has 0 aliphatic heterocycles. The molecule has 20 heteroatoms. The van der Waals surface area contributed by atoms with Crippen molar-refractivity contribution in [1.29, 1.82) is 0 Å². The second kappa shape index (κ2) is 35.8. The first-order valence-electron chi connectivity index (χ1n) is 19.8. The number of ether oxygens (including phenoxy) is 6. The van der Waals surface area contributed by atoms with Crippen molar-refractivity contribution in [3.63, 3.8) is 0 Å². The predicted molar refractivity (Wildman–Crippen MR) is 211 cm³/mol. The van der Waals surface area contributed by atoms with Crippen LogP contribution in [0.3, 0.4) is 0 Å². The molecule has 330 valence electrons. The van der Waals surface area contributed by atoms with Crippen LogP contribution in [0.5, 0.6) is 0 Å². The van der Waals surface area contributed by atoms with E-state index in [1.54, 1.807) is 13.8 Å². The van der Waals surface area contributed by atoms with Crippen molar-refractivity contribution < 1.29 is 66.8 Å². The van der Waals surface area contributed by atoms with Crippen LogP contribution in [0.4, 0.5) is 28.8 Å². The number of imide groups is 2. The number of amides is 8. The van der Waals surface area contributed by atoms with Gasteiger partial charge in [-0.15, -0.1) is 0 Å². The van der Waals surface area contributed by atoms with Crippen molar-refractivity contribution in [2.45, 2.75) is 90.9 Å². The molecule has 0 radical (unpaired) electrons. The summed E-state index contributed by atoms with van der Waals surface area (Å²) >= 11 is 0. The van der Waals surface area contributed by atoms with Crippen LogP contribution in [0.15, 0.2) is 25.3 Å². The summed E-state index contributed by atoms with van der Waals surface area (Å²) in [4.78, 5) is 98.6. The minimum Gasteiger partial charge on any atom is -0.459 e. The molecule has 58 heavy (non-hydrogen) atoms. The molecule has 0 saturated heterocycles. The second-order valence-electron chi connectivity index (χ2n) is 12.3. The third-order valence-corrected chi connectivity index (χ3v) is 7.73. The van der Waals surface area contributed by atoms with Gasteiger partial charge >= 0.3 is 48.4 Å². The number of hydrogen-bond donors (Lipinski definition) is 4. The SMILES string of the molecule is C=CC(=O)OCCOC(=O)N(CCCCCCNC(=O)OCC)C(=O)NCCCCCCN(C(=O)NCCCCCCNC(=O)OCC)C(=O)OCCOC(=O)C=C. The second-order valence-corrected chi connectivity index (χ2v) is 12.3. The van der Waals surface area contributed by atoms with Gasteiger partial charge in [0.1, 0.15) is 26.4 Å². The van der Waals surface area contributed by atoms with Gasteiger partial charge in [-0.25, -0.2) is 48.2 Å². The third kappa shape index (κ3) is 28.8. The molecule has 0 aliphatic carbocycles. The van der Waals surface area contributed by atoms with Crippen molar-refractivity contribution in [2.24, 2.45) is 0 Å². The Labute approximate surface area is 341 Å². The van der Waals surface area contributed by atoms with Crippen LogP contribution in [-0.2, 0) is 38.0 Å². The van der Waals surface area contributed by atoms with Crippen LogP contribution in [0.25, 0.3) is 0 Å². The number of esters is 2. The minimum atomic E-state index is -0.899. The van der Waals surface area contributed by atoms with Gasteiger partial charge in [0.15, 0.2) is 0 Å². The first kappa shape index (κ1) is 52.4. The quantitative estimate of drug-likeness (QED) is 0.0314. The molecule has 0 aromatic carbocycles. The maximum atomic E-state index is 13.0. The van der Waals surface area contributed by atoms with Crippen LogP contribution < -0.4 is 21.3 Å². The Hall–Kier alpha value is -5.56. The molecule has 4 N–H and O–H groups in total. The highest BCUT2D eigenvalue weighted by Crippen LogP contribution is 2.07. The topological polar surface area (TPSA) is 247 Å². The van der Waals surface area contributed by atoms with E-state index in [-0.39, 0.29) is 52.7 Å². The number of nitrogens with one attached hydrogen (secondary N) is 4. The van der Waals surface area contributed by atoms with Crippen LogP contribution in [0, 0.1) is 0 Å². The Bertz CT molecular complexity index is 1270. The molecule has 8 amide bonds. The van der Waals surface area contributed by atoms with E-state index in [2.05, 4.69) is 34.4 Å². The van der Waals surface area contributed by atoms with Gasteiger partial charge in [-0.2, -0.15) is 0 Å². The maximum Gasteiger partial charge on any atom is 0.418 e.